The topological polar surface area (TPSA) is 29.1 Å². The van der Waals surface area contributed by atoms with Crippen LogP contribution in [0.15, 0.2) is 0 Å². The molecule has 0 bridgehead atoms. The monoisotopic (exact) mass is 99.1 g/mol. The fraction of sp³-hybridized carbons (Fsp3) is 0.800. The largest absolute Gasteiger partial charge is 0.353 e. The first-order chi connectivity index (χ1) is 3.33. The van der Waals surface area contributed by atoms with Crippen LogP contribution in [0, 0.1) is 0 Å². The Kier molecular flexibility index (Phi) is 1.01. The number of hydrogen-bond donors (Lipinski definition) is 1. The molecule has 0 saturated carbocycles. The van der Waals surface area contributed by atoms with Crippen molar-refractivity contribution in [3.63, 3.8) is 0 Å². The highest BCUT2D eigenvalue weighted by Gasteiger charge is 2.22. The maximum Gasteiger partial charge on any atom is 0.222 e. The Morgan fingerprint density at radius 2 is 2.57 bits per heavy atom. The zero-order valence-electron chi connectivity index (χ0n) is 4.40. The van der Waals surface area contributed by atoms with Gasteiger partial charge in [0.1, 0.15) is 0 Å². The molecular formula is C5H9NO. The van der Waals surface area contributed by atoms with Crippen LogP contribution in [0.25, 0.3) is 0 Å². The van der Waals surface area contributed by atoms with Crippen molar-refractivity contribution in [2.24, 2.45) is 0 Å². The number of β-lactam (4-membered cyclic amide) rings is 1. The lowest BCUT2D eigenvalue weighted by atomic mass is 10.0. The van der Waals surface area contributed by atoms with Crippen LogP contribution in [-0.4, -0.2) is 11.9 Å². The first kappa shape index (κ1) is 4.62. The molecule has 2 heteroatoms. The molecule has 1 N–H and O–H groups in total. The predicted molar refractivity (Wildman–Crippen MR) is 26.8 cm³/mol. The molecule has 0 aromatic rings. The Morgan fingerprint density at radius 3 is 2.71 bits per heavy atom. The highest BCUT2D eigenvalue weighted by Crippen LogP contribution is 2.05. The van der Waals surface area contributed by atoms with Crippen LogP contribution < -0.4 is 5.32 Å². The molecule has 1 saturated heterocycles. The minimum atomic E-state index is 0.201. The van der Waals surface area contributed by atoms with Gasteiger partial charge in [-0.1, -0.05) is 6.92 Å². The number of carbonyl (C=O) groups excluding carboxylic acids is 1. The van der Waals surface area contributed by atoms with E-state index in [-0.39, 0.29) is 5.91 Å². The molecular weight excluding hydrogens is 90.1 g/mol. The highest BCUT2D eigenvalue weighted by atomic mass is 16.2. The number of hydrogen-bond acceptors (Lipinski definition) is 1. The highest BCUT2D eigenvalue weighted by molar-refractivity contribution is 5.82. The SMILES string of the molecule is CC[C@@H]1CC(=O)N1. The van der Waals surface area contributed by atoms with Crippen molar-refractivity contribution in [2.75, 3.05) is 0 Å². The average Bonchev–Trinajstić information content (AvgIpc) is 1.58. The van der Waals surface area contributed by atoms with Gasteiger partial charge in [-0.25, -0.2) is 0 Å². The van der Waals surface area contributed by atoms with E-state index in [1.165, 1.54) is 0 Å². The molecule has 0 radical (unpaired) electrons. The third kappa shape index (κ3) is 0.734. The molecule has 0 aliphatic carbocycles. The van der Waals surface area contributed by atoms with Crippen molar-refractivity contribution in [3.8, 4) is 0 Å². The number of rotatable bonds is 1. The van der Waals surface area contributed by atoms with Crippen LogP contribution in [0.3, 0.4) is 0 Å². The Hall–Kier alpha value is -0.530. The van der Waals surface area contributed by atoms with Crippen LogP contribution in [0.1, 0.15) is 19.8 Å². The van der Waals surface area contributed by atoms with Gasteiger partial charge in [-0.2, -0.15) is 0 Å². The van der Waals surface area contributed by atoms with Gasteiger partial charge in [0.05, 0.1) is 0 Å². The molecule has 1 amide bonds. The summed E-state index contributed by atoms with van der Waals surface area (Å²) in [5.41, 5.74) is 0. The summed E-state index contributed by atoms with van der Waals surface area (Å²) in [6, 6.07) is 0.493. The molecule has 1 heterocycles. The van der Waals surface area contributed by atoms with Gasteiger partial charge in [-0.05, 0) is 6.42 Å². The van der Waals surface area contributed by atoms with Gasteiger partial charge >= 0.3 is 0 Å². The lowest BCUT2D eigenvalue weighted by Crippen LogP contribution is -2.47. The van der Waals surface area contributed by atoms with E-state index in [4.69, 9.17) is 0 Å². The van der Waals surface area contributed by atoms with E-state index < -0.39 is 0 Å². The molecule has 1 aliphatic heterocycles. The molecule has 0 aromatic carbocycles. The summed E-state index contributed by atoms with van der Waals surface area (Å²) in [5.74, 6) is 0.201. The van der Waals surface area contributed by atoms with E-state index in [1.54, 1.807) is 0 Å². The zero-order chi connectivity index (χ0) is 5.28. The lowest BCUT2D eigenvalue weighted by molar-refractivity contribution is -0.128. The van der Waals surface area contributed by atoms with Crippen molar-refractivity contribution in [3.05, 3.63) is 0 Å². The fourth-order valence-corrected chi connectivity index (χ4v) is 0.677. The summed E-state index contributed by atoms with van der Waals surface area (Å²) >= 11 is 0. The third-order valence-corrected chi connectivity index (χ3v) is 1.29. The van der Waals surface area contributed by atoms with Crippen molar-refractivity contribution >= 4 is 5.91 Å². The van der Waals surface area contributed by atoms with Gasteiger partial charge in [0.2, 0.25) is 5.91 Å². The van der Waals surface area contributed by atoms with Crippen LogP contribution in [0.2, 0.25) is 0 Å². The minimum Gasteiger partial charge on any atom is -0.353 e. The van der Waals surface area contributed by atoms with E-state index in [0.717, 1.165) is 12.8 Å². The second-order valence-corrected chi connectivity index (χ2v) is 1.88. The number of nitrogens with one attached hydrogen (secondary N) is 1. The van der Waals surface area contributed by atoms with Gasteiger partial charge in [0.25, 0.3) is 0 Å². The summed E-state index contributed by atoms with van der Waals surface area (Å²) in [6.45, 7) is 2.07. The van der Waals surface area contributed by atoms with E-state index in [2.05, 4.69) is 12.2 Å². The first-order valence-electron chi connectivity index (χ1n) is 2.62. The average molecular weight is 99.1 g/mol. The Bertz CT molecular complexity index is 82.1. The molecule has 1 rings (SSSR count). The summed E-state index contributed by atoms with van der Waals surface area (Å²) < 4.78 is 0. The lowest BCUT2D eigenvalue weighted by Gasteiger charge is -2.24. The Balaban J connectivity index is 2.17. The summed E-state index contributed by atoms with van der Waals surface area (Å²) in [6.07, 6.45) is 1.82. The molecule has 1 fully saturated rings. The molecule has 1 aliphatic rings. The first-order valence-corrected chi connectivity index (χ1v) is 2.62. The molecule has 0 unspecified atom stereocenters. The maximum atomic E-state index is 10.2. The van der Waals surface area contributed by atoms with E-state index in [9.17, 15) is 4.79 Å². The fourth-order valence-electron chi connectivity index (χ4n) is 0.677. The van der Waals surface area contributed by atoms with Crippen LogP contribution in [0.5, 0.6) is 0 Å². The van der Waals surface area contributed by atoms with Crippen molar-refractivity contribution < 1.29 is 4.79 Å². The number of carbonyl (C=O) groups is 1. The minimum absolute atomic E-state index is 0.201. The van der Waals surface area contributed by atoms with Crippen molar-refractivity contribution in [1.29, 1.82) is 0 Å². The van der Waals surface area contributed by atoms with E-state index in [1.807, 2.05) is 0 Å². The second-order valence-electron chi connectivity index (χ2n) is 1.88. The van der Waals surface area contributed by atoms with Gasteiger partial charge < -0.3 is 5.32 Å². The normalized spacial score (nSPS) is 28.7. The van der Waals surface area contributed by atoms with Crippen molar-refractivity contribution in [2.45, 2.75) is 25.8 Å². The second kappa shape index (κ2) is 1.52. The van der Waals surface area contributed by atoms with Gasteiger partial charge in [0, 0.05) is 12.5 Å². The maximum absolute atomic E-state index is 10.2. The molecule has 7 heavy (non-hydrogen) atoms. The van der Waals surface area contributed by atoms with Gasteiger partial charge in [0.15, 0.2) is 0 Å². The molecule has 0 spiro atoms. The zero-order valence-corrected chi connectivity index (χ0v) is 4.40. The molecule has 2 nitrogen and oxygen atoms in total. The van der Waals surface area contributed by atoms with Crippen LogP contribution >= 0.6 is 0 Å². The van der Waals surface area contributed by atoms with Gasteiger partial charge in [-0.15, -0.1) is 0 Å². The molecule has 0 aromatic heterocycles. The van der Waals surface area contributed by atoms with Crippen molar-refractivity contribution in [1.82, 2.24) is 5.32 Å². The summed E-state index contributed by atoms with van der Waals surface area (Å²) in [7, 11) is 0. The standard InChI is InChI=1S/C5H9NO/c1-2-4-3-5(7)6-4/h4H,2-3H2,1H3,(H,6,7)/t4-/m1/s1. The predicted octanol–water partition coefficient (Wildman–Crippen LogP) is 0.285. The Morgan fingerprint density at radius 1 is 2.00 bits per heavy atom. The van der Waals surface area contributed by atoms with E-state index >= 15 is 0 Å². The number of amides is 1. The smallest absolute Gasteiger partial charge is 0.222 e. The third-order valence-electron chi connectivity index (χ3n) is 1.29. The van der Waals surface area contributed by atoms with Gasteiger partial charge in [-0.3, -0.25) is 4.79 Å². The summed E-state index contributed by atoms with van der Waals surface area (Å²) in [5, 5.41) is 2.75. The quantitative estimate of drug-likeness (QED) is 0.470. The summed E-state index contributed by atoms with van der Waals surface area (Å²) in [4.78, 5) is 10.2. The molecule has 40 valence electrons. The van der Waals surface area contributed by atoms with E-state index in [0.29, 0.717) is 6.04 Å². The molecule has 1 atom stereocenters. The Labute approximate surface area is 42.9 Å². The van der Waals surface area contributed by atoms with Crippen LogP contribution in [0.4, 0.5) is 0 Å². The van der Waals surface area contributed by atoms with Crippen LogP contribution in [-0.2, 0) is 4.79 Å².